The zero-order valence-electron chi connectivity index (χ0n) is 12.5. The maximum atomic E-state index is 14.1. The molecule has 0 aliphatic heterocycles. The molecule has 2 atom stereocenters. The van der Waals surface area contributed by atoms with Crippen molar-refractivity contribution in [3.8, 4) is 11.5 Å². The summed E-state index contributed by atoms with van der Waals surface area (Å²) in [5, 5.41) is 0. The Labute approximate surface area is 124 Å². The molecule has 0 amide bonds. The molecule has 0 radical (unpaired) electrons. The topological polar surface area (TPSA) is 44.5 Å². The van der Waals surface area contributed by atoms with Crippen LogP contribution in [0.3, 0.4) is 0 Å². The van der Waals surface area contributed by atoms with E-state index < -0.39 is 6.10 Å². The van der Waals surface area contributed by atoms with E-state index in [1.54, 1.807) is 32.2 Å². The van der Waals surface area contributed by atoms with Gasteiger partial charge in [0, 0.05) is 6.04 Å². The Morgan fingerprint density at radius 1 is 1.14 bits per heavy atom. The first-order valence-corrected chi connectivity index (χ1v) is 6.84. The summed E-state index contributed by atoms with van der Waals surface area (Å²) in [5.74, 6) is 0.567. The summed E-state index contributed by atoms with van der Waals surface area (Å²) in [6.45, 7) is 3.53. The van der Waals surface area contributed by atoms with Crippen LogP contribution in [-0.2, 0) is 0 Å². The normalized spacial score (nSPS) is 13.6. The summed E-state index contributed by atoms with van der Waals surface area (Å²) in [7, 11) is 1.60. The lowest BCUT2D eigenvalue weighted by Gasteiger charge is -2.24. The van der Waals surface area contributed by atoms with Crippen molar-refractivity contribution in [1.82, 2.24) is 0 Å². The van der Waals surface area contributed by atoms with Gasteiger partial charge in [-0.25, -0.2) is 4.39 Å². The molecule has 2 N–H and O–H groups in total. The van der Waals surface area contributed by atoms with Gasteiger partial charge in [0.25, 0.3) is 0 Å². The smallest absolute Gasteiger partial charge is 0.167 e. The fourth-order valence-electron chi connectivity index (χ4n) is 2.15. The fourth-order valence-corrected chi connectivity index (χ4v) is 2.15. The van der Waals surface area contributed by atoms with Crippen molar-refractivity contribution in [2.45, 2.75) is 26.0 Å². The third kappa shape index (κ3) is 3.52. The van der Waals surface area contributed by atoms with Crippen LogP contribution in [0.5, 0.6) is 11.5 Å². The van der Waals surface area contributed by atoms with Gasteiger partial charge in [-0.3, -0.25) is 0 Å². The van der Waals surface area contributed by atoms with Gasteiger partial charge in [0.1, 0.15) is 11.9 Å². The highest BCUT2D eigenvalue weighted by atomic mass is 19.1. The molecule has 21 heavy (non-hydrogen) atoms. The lowest BCUT2D eigenvalue weighted by Crippen LogP contribution is -2.29. The van der Waals surface area contributed by atoms with E-state index in [2.05, 4.69) is 0 Å². The fraction of sp³-hybridized carbons (Fsp3) is 0.294. The van der Waals surface area contributed by atoms with E-state index >= 15 is 0 Å². The van der Waals surface area contributed by atoms with E-state index in [0.717, 1.165) is 5.56 Å². The van der Waals surface area contributed by atoms with Crippen LogP contribution in [0.1, 0.15) is 24.2 Å². The quantitative estimate of drug-likeness (QED) is 0.914. The van der Waals surface area contributed by atoms with Crippen LogP contribution in [0, 0.1) is 12.7 Å². The molecule has 4 heteroatoms. The first-order valence-electron chi connectivity index (χ1n) is 6.84. The number of halogens is 1. The monoisotopic (exact) mass is 289 g/mol. The second-order valence-corrected chi connectivity index (χ2v) is 5.06. The van der Waals surface area contributed by atoms with Crippen molar-refractivity contribution >= 4 is 0 Å². The molecule has 2 unspecified atom stereocenters. The lowest BCUT2D eigenvalue weighted by atomic mass is 10.0. The summed E-state index contributed by atoms with van der Waals surface area (Å²) >= 11 is 0. The van der Waals surface area contributed by atoms with Crippen LogP contribution in [0.15, 0.2) is 42.5 Å². The van der Waals surface area contributed by atoms with Crippen molar-refractivity contribution < 1.29 is 13.9 Å². The molecule has 2 aromatic rings. The number of benzene rings is 2. The zero-order chi connectivity index (χ0) is 15.4. The molecule has 0 saturated carbocycles. The Hall–Kier alpha value is -2.07. The lowest BCUT2D eigenvalue weighted by molar-refractivity contribution is 0.172. The molecule has 2 rings (SSSR count). The van der Waals surface area contributed by atoms with Gasteiger partial charge in [-0.05, 0) is 43.2 Å². The molecule has 0 saturated heterocycles. The standard InChI is InChI=1S/C17H20FNO2/c1-11-6-4-9-15(16(11)18)21-17(12(2)19)13-7-5-8-14(10-13)20-3/h4-10,12,17H,19H2,1-3H3. The Balaban J connectivity index is 2.33. The Morgan fingerprint density at radius 3 is 2.52 bits per heavy atom. The van der Waals surface area contributed by atoms with Crippen molar-refractivity contribution in [1.29, 1.82) is 0 Å². The summed E-state index contributed by atoms with van der Waals surface area (Å²) in [6.07, 6.45) is -0.448. The van der Waals surface area contributed by atoms with Crippen molar-refractivity contribution in [3.05, 3.63) is 59.4 Å². The van der Waals surface area contributed by atoms with Gasteiger partial charge in [-0.15, -0.1) is 0 Å². The number of rotatable bonds is 5. The van der Waals surface area contributed by atoms with E-state index in [-0.39, 0.29) is 17.6 Å². The number of ether oxygens (including phenoxy) is 2. The Kier molecular flexibility index (Phi) is 4.81. The number of nitrogens with two attached hydrogens (primary N) is 1. The van der Waals surface area contributed by atoms with Crippen LogP contribution in [0.2, 0.25) is 0 Å². The Morgan fingerprint density at radius 2 is 1.86 bits per heavy atom. The van der Waals surface area contributed by atoms with E-state index in [4.69, 9.17) is 15.2 Å². The molecule has 112 valence electrons. The van der Waals surface area contributed by atoms with E-state index in [9.17, 15) is 4.39 Å². The highest BCUT2D eigenvalue weighted by Crippen LogP contribution is 2.29. The van der Waals surface area contributed by atoms with Gasteiger partial charge in [0.05, 0.1) is 7.11 Å². The van der Waals surface area contributed by atoms with E-state index in [0.29, 0.717) is 11.3 Å². The first kappa shape index (κ1) is 15.3. The first-order chi connectivity index (χ1) is 10.0. The van der Waals surface area contributed by atoms with Crippen LogP contribution in [0.4, 0.5) is 4.39 Å². The minimum atomic E-state index is -0.448. The third-order valence-corrected chi connectivity index (χ3v) is 3.31. The zero-order valence-corrected chi connectivity index (χ0v) is 12.5. The number of aryl methyl sites for hydroxylation is 1. The molecule has 3 nitrogen and oxygen atoms in total. The van der Waals surface area contributed by atoms with Gasteiger partial charge in [-0.2, -0.15) is 0 Å². The molecule has 0 aliphatic rings. The molecule has 0 aliphatic carbocycles. The highest BCUT2D eigenvalue weighted by molar-refractivity contribution is 5.34. The summed E-state index contributed by atoms with van der Waals surface area (Å²) < 4.78 is 25.1. The summed E-state index contributed by atoms with van der Waals surface area (Å²) in [4.78, 5) is 0. The molecule has 0 aromatic heterocycles. The van der Waals surface area contributed by atoms with Gasteiger partial charge in [-0.1, -0.05) is 24.3 Å². The molecular weight excluding hydrogens is 269 g/mol. The molecule has 0 heterocycles. The van der Waals surface area contributed by atoms with E-state index in [1.165, 1.54) is 0 Å². The van der Waals surface area contributed by atoms with Crippen molar-refractivity contribution in [2.75, 3.05) is 7.11 Å². The summed E-state index contributed by atoms with van der Waals surface area (Å²) in [5.41, 5.74) is 7.40. The van der Waals surface area contributed by atoms with Gasteiger partial charge in [0.2, 0.25) is 0 Å². The maximum absolute atomic E-state index is 14.1. The van der Waals surface area contributed by atoms with Crippen LogP contribution in [-0.4, -0.2) is 13.2 Å². The number of hydrogen-bond donors (Lipinski definition) is 1. The molecular formula is C17H20FNO2. The predicted molar refractivity (Wildman–Crippen MR) is 81.1 cm³/mol. The number of hydrogen-bond acceptors (Lipinski definition) is 3. The highest BCUT2D eigenvalue weighted by Gasteiger charge is 2.20. The van der Waals surface area contributed by atoms with Crippen LogP contribution in [0.25, 0.3) is 0 Å². The largest absolute Gasteiger partial charge is 0.497 e. The predicted octanol–water partition coefficient (Wildman–Crippen LogP) is 3.61. The third-order valence-electron chi connectivity index (χ3n) is 3.31. The van der Waals surface area contributed by atoms with Crippen LogP contribution < -0.4 is 15.2 Å². The minimum Gasteiger partial charge on any atom is -0.497 e. The van der Waals surface area contributed by atoms with Gasteiger partial charge >= 0.3 is 0 Å². The molecule has 2 aromatic carbocycles. The minimum absolute atomic E-state index is 0.208. The second-order valence-electron chi connectivity index (χ2n) is 5.06. The van der Waals surface area contributed by atoms with Gasteiger partial charge < -0.3 is 15.2 Å². The maximum Gasteiger partial charge on any atom is 0.167 e. The number of methoxy groups -OCH3 is 1. The van der Waals surface area contributed by atoms with Gasteiger partial charge in [0.15, 0.2) is 11.6 Å². The average Bonchev–Trinajstić information content (AvgIpc) is 2.48. The van der Waals surface area contributed by atoms with Crippen molar-refractivity contribution in [2.24, 2.45) is 5.73 Å². The molecule has 0 spiro atoms. The van der Waals surface area contributed by atoms with Crippen molar-refractivity contribution in [3.63, 3.8) is 0 Å². The summed E-state index contributed by atoms with van der Waals surface area (Å²) in [6, 6.07) is 12.2. The van der Waals surface area contributed by atoms with E-state index in [1.807, 2.05) is 31.2 Å². The Bertz CT molecular complexity index is 613. The van der Waals surface area contributed by atoms with Crippen LogP contribution >= 0.6 is 0 Å². The molecule has 0 bridgehead atoms. The second kappa shape index (κ2) is 6.59. The average molecular weight is 289 g/mol. The molecule has 0 fully saturated rings. The SMILES string of the molecule is COc1cccc(C(Oc2cccc(C)c2F)C(C)N)c1.